The number of unbranched alkanes of at least 4 members (excludes halogenated alkanes) is 2. The summed E-state index contributed by atoms with van der Waals surface area (Å²) in [7, 11) is 0. The topological polar surface area (TPSA) is 157 Å². The van der Waals surface area contributed by atoms with Crippen molar-refractivity contribution in [1.82, 2.24) is 21.3 Å². The predicted molar refractivity (Wildman–Crippen MR) is 183 cm³/mol. The van der Waals surface area contributed by atoms with Gasteiger partial charge < -0.3 is 31.5 Å². The van der Waals surface area contributed by atoms with Crippen LogP contribution in [-0.2, 0) is 9.59 Å². The van der Waals surface area contributed by atoms with Crippen molar-refractivity contribution in [3.05, 3.63) is 0 Å². The van der Waals surface area contributed by atoms with Crippen LogP contribution in [0.2, 0.25) is 0 Å². The maximum absolute atomic E-state index is 11.1. The lowest BCUT2D eigenvalue weighted by Crippen LogP contribution is -2.36. The van der Waals surface area contributed by atoms with E-state index in [1.54, 1.807) is 0 Å². The second kappa shape index (κ2) is 31.5. The van der Waals surface area contributed by atoms with Gasteiger partial charge in [0.2, 0.25) is 0 Å². The Kier molecular flexibility index (Phi) is 33.3. The quantitative estimate of drug-likeness (QED) is 0.120. The van der Waals surface area contributed by atoms with Crippen LogP contribution < -0.4 is 21.3 Å². The van der Waals surface area contributed by atoms with Crippen molar-refractivity contribution in [2.24, 2.45) is 0 Å². The highest BCUT2D eigenvalue weighted by molar-refractivity contribution is 8.00. The van der Waals surface area contributed by atoms with Crippen molar-refractivity contribution in [3.8, 4) is 77.1 Å². The second-order valence-electron chi connectivity index (χ2n) is 8.52. The first-order valence-electron chi connectivity index (χ1n) is 13.1. The summed E-state index contributed by atoms with van der Waals surface area (Å²) in [5, 5.41) is 29.6. The second-order valence-corrected chi connectivity index (χ2v) is 11.1. The van der Waals surface area contributed by atoms with Gasteiger partial charge in [-0.3, -0.25) is 9.59 Å². The minimum atomic E-state index is -0.729. The van der Waals surface area contributed by atoms with Gasteiger partial charge in [0.15, 0.2) is 0 Å². The largest absolute Gasteiger partial charge is 0.481 e. The number of rotatable bonds is 10. The fourth-order valence-electron chi connectivity index (χ4n) is 4.53. The van der Waals surface area contributed by atoms with E-state index in [1.807, 2.05) is 23.5 Å². The monoisotopic (exact) mass is 644 g/mol. The summed E-state index contributed by atoms with van der Waals surface area (Å²) < 4.78 is 0. The summed E-state index contributed by atoms with van der Waals surface area (Å²) in [5.74, 6) is 0.473. The lowest BCUT2D eigenvalue weighted by Gasteiger charge is -2.16. The Bertz CT molecular complexity index is 855. The van der Waals surface area contributed by atoms with Gasteiger partial charge in [-0.2, -0.15) is 23.5 Å². The average molecular weight is 645 g/mol. The molecule has 0 saturated carbocycles. The number of carbonyl (C=O) groups excluding carboxylic acids is 2. The van der Waals surface area contributed by atoms with Crippen molar-refractivity contribution in [2.45, 2.75) is 86.0 Å². The van der Waals surface area contributed by atoms with Crippen LogP contribution in [-0.4, -0.2) is 80.4 Å². The van der Waals surface area contributed by atoms with Crippen LogP contribution in [0, 0.1) is 77.1 Å². The molecule has 6 atom stereocenters. The fourth-order valence-corrected chi connectivity index (χ4v) is 7.62. The number of carbonyl (C=O) groups is 4. The van der Waals surface area contributed by atoms with E-state index < -0.39 is 11.9 Å². The van der Waals surface area contributed by atoms with E-state index >= 15 is 0 Å². The Hall–Kier alpha value is -4.46. The Balaban J connectivity index is -0.000000271. The Morgan fingerprint density at radius 2 is 0.864 bits per heavy atom. The molecule has 0 aromatic heterocycles. The molecule has 0 spiro atoms. The number of aliphatic carboxylic acids is 2. The molecular formula is C32H44N4O6S2. The standard InChI is InChI=1S/2C10H16N2O3S.6C2H2/c2*13-8(14)4-2-1-3-7-9-6(5-16-7)11-10(15)12-9;6*1-2/h2*6-7,9H,1-5H2,(H,13,14)(H2,11,12,15);6*1-2H/t2*6-,7-,9-;;;;;;/m00....../s1. The van der Waals surface area contributed by atoms with Crippen molar-refractivity contribution in [3.63, 3.8) is 0 Å². The highest BCUT2D eigenvalue weighted by atomic mass is 32.2. The van der Waals surface area contributed by atoms with E-state index in [1.165, 1.54) is 0 Å². The summed E-state index contributed by atoms with van der Waals surface area (Å²) >= 11 is 3.74. The smallest absolute Gasteiger partial charge is 0.315 e. The maximum Gasteiger partial charge on any atom is 0.315 e. The number of carboxylic acid groups (broad SMARTS) is 2. The van der Waals surface area contributed by atoms with Crippen LogP contribution in [0.3, 0.4) is 0 Å². The molecule has 0 aromatic rings. The molecule has 4 amide bonds. The number of hydrogen-bond donors (Lipinski definition) is 6. The minimum Gasteiger partial charge on any atom is -0.481 e. The molecule has 4 saturated heterocycles. The number of urea groups is 2. The summed E-state index contributed by atoms with van der Waals surface area (Å²) in [6.45, 7) is 0. The summed E-state index contributed by atoms with van der Waals surface area (Å²) in [6, 6.07) is 0.880. The van der Waals surface area contributed by atoms with Gasteiger partial charge in [0.1, 0.15) is 0 Å². The summed E-state index contributed by atoms with van der Waals surface area (Å²) in [6.07, 6.45) is 53.8. The molecule has 44 heavy (non-hydrogen) atoms. The van der Waals surface area contributed by atoms with Gasteiger partial charge in [0.25, 0.3) is 0 Å². The first-order valence-corrected chi connectivity index (χ1v) is 15.2. The zero-order valence-electron chi connectivity index (χ0n) is 24.8. The molecule has 4 aliphatic heterocycles. The Labute approximate surface area is 272 Å². The predicted octanol–water partition coefficient (Wildman–Crippen LogP) is 3.09. The molecular weight excluding hydrogens is 601 g/mol. The molecule has 0 radical (unpaired) electrons. The van der Waals surface area contributed by atoms with Crippen LogP contribution in [0.15, 0.2) is 0 Å². The number of thioether (sulfide) groups is 2. The van der Waals surface area contributed by atoms with Gasteiger partial charge in [0.05, 0.1) is 24.2 Å². The maximum atomic E-state index is 11.1. The molecule has 0 bridgehead atoms. The number of carboxylic acids is 2. The molecule has 6 N–H and O–H groups in total. The molecule has 4 rings (SSSR count). The average Bonchev–Trinajstić information content (AvgIpc) is 3.82. The molecule has 240 valence electrons. The lowest BCUT2D eigenvalue weighted by molar-refractivity contribution is -0.138. The van der Waals surface area contributed by atoms with E-state index in [4.69, 9.17) is 10.2 Å². The molecule has 0 unspecified atom stereocenters. The minimum absolute atomic E-state index is 0.0640. The van der Waals surface area contributed by atoms with Crippen LogP contribution in [0.1, 0.15) is 51.4 Å². The van der Waals surface area contributed by atoms with Gasteiger partial charge in [-0.1, -0.05) is 12.8 Å². The zero-order valence-corrected chi connectivity index (χ0v) is 26.4. The van der Waals surface area contributed by atoms with Crippen LogP contribution in [0.5, 0.6) is 0 Å². The van der Waals surface area contributed by atoms with Gasteiger partial charge >= 0.3 is 24.0 Å². The van der Waals surface area contributed by atoms with Gasteiger partial charge in [0, 0.05) is 34.8 Å². The molecule has 10 nitrogen and oxygen atoms in total. The fraction of sp³-hybridized carbons (Fsp3) is 0.500. The van der Waals surface area contributed by atoms with E-state index in [0.29, 0.717) is 10.5 Å². The molecule has 4 aliphatic rings. The number of amides is 4. The number of nitrogens with one attached hydrogen (secondary N) is 4. The third-order valence-corrected chi connectivity index (χ3v) is 9.15. The summed E-state index contributed by atoms with van der Waals surface area (Å²) in [5.41, 5.74) is 0. The Morgan fingerprint density at radius 3 is 1.14 bits per heavy atom. The number of terminal acetylenes is 6. The normalized spacial score (nSPS) is 23.5. The van der Waals surface area contributed by atoms with Crippen molar-refractivity contribution < 1.29 is 29.4 Å². The molecule has 0 aliphatic carbocycles. The molecule has 4 fully saturated rings. The number of hydrogen-bond acceptors (Lipinski definition) is 6. The first-order chi connectivity index (χ1) is 21.3. The van der Waals surface area contributed by atoms with Gasteiger partial charge in [-0.25, -0.2) is 9.59 Å². The third kappa shape index (κ3) is 18.9. The zero-order chi connectivity index (χ0) is 35.1. The Morgan fingerprint density at radius 1 is 0.568 bits per heavy atom. The van der Waals surface area contributed by atoms with Crippen LogP contribution in [0.4, 0.5) is 9.59 Å². The molecule has 12 heteroatoms. The van der Waals surface area contributed by atoms with E-state index in [2.05, 4.69) is 98.3 Å². The molecule has 0 aromatic carbocycles. The van der Waals surface area contributed by atoms with Crippen molar-refractivity contribution in [2.75, 3.05) is 11.5 Å². The van der Waals surface area contributed by atoms with Gasteiger partial charge in [-0.05, 0) is 25.7 Å². The van der Waals surface area contributed by atoms with Gasteiger partial charge in [-0.15, -0.1) is 77.1 Å². The van der Waals surface area contributed by atoms with E-state index in [0.717, 1.165) is 50.0 Å². The van der Waals surface area contributed by atoms with E-state index in [-0.39, 0.29) is 49.1 Å². The van der Waals surface area contributed by atoms with Crippen LogP contribution in [0.25, 0.3) is 0 Å². The highest BCUT2D eigenvalue weighted by Crippen LogP contribution is 2.34. The van der Waals surface area contributed by atoms with Crippen molar-refractivity contribution >= 4 is 47.5 Å². The summed E-state index contributed by atoms with van der Waals surface area (Å²) in [4.78, 5) is 42.9. The number of fused-ring (bicyclic) bond motifs is 2. The highest BCUT2D eigenvalue weighted by Gasteiger charge is 2.43. The molecule has 4 heterocycles. The van der Waals surface area contributed by atoms with Crippen LogP contribution >= 0.6 is 23.5 Å². The lowest BCUT2D eigenvalue weighted by atomic mass is 10.0. The van der Waals surface area contributed by atoms with Crippen molar-refractivity contribution in [1.29, 1.82) is 0 Å². The SMILES string of the molecule is C#C.C#C.C#C.C#C.C#C.C#C.O=C(O)CCCC[C@@H]1SC[C@@H]2NC(=O)N[C@@H]21.O=C(O)CCCC[C@@H]1SC[C@@H]2NC(=O)N[C@@H]21. The third-order valence-electron chi connectivity index (χ3n) is 6.13. The van der Waals surface area contributed by atoms with E-state index in [9.17, 15) is 19.2 Å². The first kappa shape index (κ1) is 46.5.